The van der Waals surface area contributed by atoms with Crippen LogP contribution in [0.4, 0.5) is 5.69 Å². The van der Waals surface area contributed by atoms with Gasteiger partial charge in [-0.15, -0.1) is 0 Å². The Morgan fingerprint density at radius 2 is 2.20 bits per heavy atom. The van der Waals surface area contributed by atoms with Gasteiger partial charge in [0.15, 0.2) is 0 Å². The third kappa shape index (κ3) is 1.91. The van der Waals surface area contributed by atoms with Crippen molar-refractivity contribution in [2.24, 2.45) is 0 Å². The number of hydrogen-bond acceptors (Lipinski definition) is 4. The maximum atomic E-state index is 10.8. The zero-order valence-corrected chi connectivity index (χ0v) is 7.72. The molecule has 0 saturated heterocycles. The van der Waals surface area contributed by atoms with Gasteiger partial charge in [0.1, 0.15) is 6.07 Å². The van der Waals surface area contributed by atoms with Crippen molar-refractivity contribution in [1.29, 1.82) is 5.26 Å². The fraction of sp³-hybridized carbons (Fsp3) is 0.111. The Kier molecular flexibility index (Phi) is 2.67. The summed E-state index contributed by atoms with van der Waals surface area (Å²) in [6, 6.07) is 3.71. The van der Waals surface area contributed by atoms with Crippen LogP contribution in [-0.4, -0.2) is 16.0 Å². The number of rotatable bonds is 2. The predicted molar refractivity (Wildman–Crippen MR) is 49.5 cm³/mol. The lowest BCUT2D eigenvalue weighted by Crippen LogP contribution is -2.04. The van der Waals surface area contributed by atoms with Gasteiger partial charge in [-0.2, -0.15) is 5.26 Å². The number of nitriles is 1. The summed E-state index contributed by atoms with van der Waals surface area (Å²) in [5.41, 5.74) is -0.473. The minimum absolute atomic E-state index is 0.192. The first kappa shape index (κ1) is 10.7. The van der Waals surface area contributed by atoms with Gasteiger partial charge >= 0.3 is 5.97 Å². The van der Waals surface area contributed by atoms with Crippen LogP contribution in [0.25, 0.3) is 0 Å². The number of hydrogen-bond donors (Lipinski definition) is 1. The molecule has 0 aromatic heterocycles. The van der Waals surface area contributed by atoms with E-state index in [1.54, 1.807) is 6.07 Å². The first-order valence-corrected chi connectivity index (χ1v) is 3.89. The number of benzene rings is 1. The Labute approximate surface area is 84.5 Å². The molecule has 0 spiro atoms. The molecule has 0 heterocycles. The van der Waals surface area contributed by atoms with E-state index in [-0.39, 0.29) is 22.4 Å². The van der Waals surface area contributed by atoms with Crippen LogP contribution in [0, 0.1) is 28.4 Å². The Morgan fingerprint density at radius 3 is 2.60 bits per heavy atom. The maximum Gasteiger partial charge on any atom is 0.337 e. The molecule has 1 aromatic rings. The Hall–Kier alpha value is -2.42. The minimum atomic E-state index is -1.26. The van der Waals surface area contributed by atoms with Crippen LogP contribution in [0.2, 0.25) is 0 Å². The van der Waals surface area contributed by atoms with Crippen molar-refractivity contribution in [1.82, 2.24) is 0 Å². The fourth-order valence-electron chi connectivity index (χ4n) is 1.25. The normalized spacial score (nSPS) is 9.33. The van der Waals surface area contributed by atoms with Crippen molar-refractivity contribution in [3.63, 3.8) is 0 Å². The molecule has 1 N–H and O–H groups in total. The first-order chi connectivity index (χ1) is 6.97. The van der Waals surface area contributed by atoms with Crippen LogP contribution >= 0.6 is 0 Å². The summed E-state index contributed by atoms with van der Waals surface area (Å²) in [6.45, 7) is 1.41. The molecule has 6 heteroatoms. The van der Waals surface area contributed by atoms with Crippen molar-refractivity contribution >= 4 is 11.7 Å². The highest BCUT2D eigenvalue weighted by Gasteiger charge is 2.18. The number of nitro benzene ring substituents is 1. The smallest absolute Gasteiger partial charge is 0.337 e. The van der Waals surface area contributed by atoms with E-state index >= 15 is 0 Å². The third-order valence-corrected chi connectivity index (χ3v) is 1.87. The van der Waals surface area contributed by atoms with E-state index in [0.717, 1.165) is 12.1 Å². The average Bonchev–Trinajstić information content (AvgIpc) is 2.15. The Balaban J connectivity index is 3.53. The highest BCUT2D eigenvalue weighted by atomic mass is 16.6. The standard InChI is InChI=1S/C9H6N2O4/c1-5-2-7(11(14)15)3-6(4-10)8(5)9(12)13/h2-3H,1H3,(H,12,13). The van der Waals surface area contributed by atoms with Gasteiger partial charge in [0.05, 0.1) is 16.1 Å². The van der Waals surface area contributed by atoms with Crippen molar-refractivity contribution in [2.75, 3.05) is 0 Å². The van der Waals surface area contributed by atoms with Crippen LogP contribution in [0.3, 0.4) is 0 Å². The molecule has 76 valence electrons. The van der Waals surface area contributed by atoms with Crippen molar-refractivity contribution in [2.45, 2.75) is 6.92 Å². The molecule has 0 bridgehead atoms. The number of aromatic carboxylic acids is 1. The predicted octanol–water partition coefficient (Wildman–Crippen LogP) is 1.47. The number of nitro groups is 1. The number of carboxylic acid groups (broad SMARTS) is 1. The molecule has 0 radical (unpaired) electrons. The van der Waals surface area contributed by atoms with Crippen molar-refractivity contribution in [3.8, 4) is 6.07 Å². The quantitative estimate of drug-likeness (QED) is 0.582. The van der Waals surface area contributed by atoms with Crippen LogP contribution in [0.15, 0.2) is 12.1 Å². The summed E-state index contributed by atoms with van der Waals surface area (Å²) >= 11 is 0. The van der Waals surface area contributed by atoms with E-state index in [0.29, 0.717) is 0 Å². The summed E-state index contributed by atoms with van der Waals surface area (Å²) in [4.78, 5) is 20.5. The Bertz CT molecular complexity index is 488. The van der Waals surface area contributed by atoms with Gasteiger partial charge in [-0.1, -0.05) is 0 Å². The monoisotopic (exact) mass is 206 g/mol. The highest BCUT2D eigenvalue weighted by molar-refractivity contribution is 5.92. The lowest BCUT2D eigenvalue weighted by atomic mass is 10.0. The Morgan fingerprint density at radius 1 is 1.60 bits per heavy atom. The summed E-state index contributed by atoms with van der Waals surface area (Å²) in [5, 5.41) is 27.9. The second-order valence-electron chi connectivity index (χ2n) is 2.86. The number of non-ortho nitro benzene ring substituents is 1. The SMILES string of the molecule is Cc1cc([N+](=O)[O-])cc(C#N)c1C(=O)O. The minimum Gasteiger partial charge on any atom is -0.478 e. The fourth-order valence-corrected chi connectivity index (χ4v) is 1.25. The summed E-state index contributed by atoms with van der Waals surface area (Å²) in [5.74, 6) is -1.26. The molecule has 0 aliphatic carbocycles. The molecule has 0 saturated carbocycles. The molecule has 0 atom stereocenters. The number of carboxylic acids is 1. The first-order valence-electron chi connectivity index (χ1n) is 3.89. The van der Waals surface area contributed by atoms with Gasteiger partial charge < -0.3 is 5.11 Å². The highest BCUT2D eigenvalue weighted by Crippen LogP contribution is 2.21. The molecule has 0 aliphatic heterocycles. The van der Waals surface area contributed by atoms with Crippen molar-refractivity contribution in [3.05, 3.63) is 38.9 Å². The largest absolute Gasteiger partial charge is 0.478 e. The summed E-state index contributed by atoms with van der Waals surface area (Å²) in [7, 11) is 0. The van der Waals surface area contributed by atoms with E-state index in [9.17, 15) is 14.9 Å². The summed E-state index contributed by atoms with van der Waals surface area (Å²) < 4.78 is 0. The lowest BCUT2D eigenvalue weighted by Gasteiger charge is -2.02. The molecular weight excluding hydrogens is 200 g/mol. The van der Waals surface area contributed by atoms with Crippen LogP contribution in [-0.2, 0) is 0 Å². The molecule has 15 heavy (non-hydrogen) atoms. The molecule has 0 fully saturated rings. The van der Waals surface area contributed by atoms with E-state index in [1.165, 1.54) is 6.92 Å². The van der Waals surface area contributed by atoms with Gasteiger partial charge in [0.2, 0.25) is 0 Å². The van der Waals surface area contributed by atoms with Crippen LogP contribution < -0.4 is 0 Å². The van der Waals surface area contributed by atoms with Crippen LogP contribution in [0.5, 0.6) is 0 Å². The number of nitrogens with zero attached hydrogens (tertiary/aromatic N) is 2. The van der Waals surface area contributed by atoms with Gasteiger partial charge in [0, 0.05) is 12.1 Å². The van der Waals surface area contributed by atoms with E-state index < -0.39 is 10.9 Å². The molecular formula is C9H6N2O4. The third-order valence-electron chi connectivity index (χ3n) is 1.87. The average molecular weight is 206 g/mol. The van der Waals surface area contributed by atoms with E-state index in [4.69, 9.17) is 10.4 Å². The molecule has 6 nitrogen and oxygen atoms in total. The lowest BCUT2D eigenvalue weighted by molar-refractivity contribution is -0.384. The molecule has 1 rings (SSSR count). The second-order valence-corrected chi connectivity index (χ2v) is 2.86. The maximum absolute atomic E-state index is 10.8. The molecule has 0 amide bonds. The molecule has 1 aromatic carbocycles. The zero-order chi connectivity index (χ0) is 11.6. The zero-order valence-electron chi connectivity index (χ0n) is 7.72. The molecule has 0 aliphatic rings. The number of aryl methyl sites for hydroxylation is 1. The van der Waals surface area contributed by atoms with Gasteiger partial charge in [0.25, 0.3) is 5.69 Å². The van der Waals surface area contributed by atoms with Crippen LogP contribution in [0.1, 0.15) is 21.5 Å². The summed E-state index contributed by atoms with van der Waals surface area (Å²) in [6.07, 6.45) is 0. The number of carbonyl (C=O) groups is 1. The second kappa shape index (κ2) is 3.75. The van der Waals surface area contributed by atoms with E-state index in [2.05, 4.69) is 0 Å². The van der Waals surface area contributed by atoms with Gasteiger partial charge in [-0.3, -0.25) is 10.1 Å². The van der Waals surface area contributed by atoms with Crippen molar-refractivity contribution < 1.29 is 14.8 Å². The van der Waals surface area contributed by atoms with E-state index in [1.807, 2.05) is 0 Å². The van der Waals surface area contributed by atoms with Gasteiger partial charge in [-0.05, 0) is 12.5 Å². The molecule has 0 unspecified atom stereocenters. The topological polar surface area (TPSA) is 104 Å². The van der Waals surface area contributed by atoms with Gasteiger partial charge in [-0.25, -0.2) is 4.79 Å².